The van der Waals surface area contributed by atoms with Crippen LogP contribution in [0.25, 0.3) is 10.9 Å². The highest BCUT2D eigenvalue weighted by Gasteiger charge is 2.28. The molecule has 2 N–H and O–H groups in total. The van der Waals surface area contributed by atoms with Gasteiger partial charge in [0.15, 0.2) is 0 Å². The van der Waals surface area contributed by atoms with E-state index in [-0.39, 0.29) is 5.41 Å². The van der Waals surface area contributed by atoms with Crippen molar-refractivity contribution >= 4 is 45.2 Å². The molecule has 3 heterocycles. The molecule has 1 saturated carbocycles. The van der Waals surface area contributed by atoms with E-state index in [4.69, 9.17) is 11.6 Å². The molecule has 8 nitrogen and oxygen atoms in total. The van der Waals surface area contributed by atoms with Crippen molar-refractivity contribution < 1.29 is 1.37 Å². The Hall–Kier alpha value is -3.22. The zero-order valence-corrected chi connectivity index (χ0v) is 21.6. The molecule has 0 bridgehead atoms. The van der Waals surface area contributed by atoms with Crippen LogP contribution in [0.5, 0.6) is 0 Å². The Morgan fingerprint density at radius 1 is 1.34 bits per heavy atom. The number of halogens is 1. The predicted octanol–water partition coefficient (Wildman–Crippen LogP) is 6.11. The molecule has 10 heteroatoms. The van der Waals surface area contributed by atoms with E-state index in [9.17, 15) is 6.63 Å². The monoisotopic (exact) mass is 507 g/mol. The molecule has 0 amide bonds. The largest absolute Gasteiger partial charge is 0.383 e. The van der Waals surface area contributed by atoms with E-state index < -0.39 is 6.02 Å². The molecule has 35 heavy (non-hydrogen) atoms. The Balaban J connectivity index is 1.62. The van der Waals surface area contributed by atoms with Crippen LogP contribution in [0.4, 0.5) is 11.4 Å². The Morgan fingerprint density at radius 2 is 2.14 bits per heavy atom. The summed E-state index contributed by atoms with van der Waals surface area (Å²) in [5.74, 6) is 0. The third-order valence-corrected chi connectivity index (χ3v) is 7.00. The van der Waals surface area contributed by atoms with E-state index in [2.05, 4.69) is 57.8 Å². The highest BCUT2D eigenvalue weighted by molar-refractivity contribution is 7.09. The van der Waals surface area contributed by atoms with Gasteiger partial charge in [0.1, 0.15) is 17.8 Å². The number of nitrogens with one attached hydrogen (secondary N) is 2. The van der Waals surface area contributed by atoms with Crippen LogP contribution in [0, 0.1) is 23.7 Å². The van der Waals surface area contributed by atoms with E-state index in [1.807, 2.05) is 23.9 Å². The normalized spacial score (nSPS) is 15.9. The van der Waals surface area contributed by atoms with Gasteiger partial charge in [-0.2, -0.15) is 5.26 Å². The second kappa shape index (κ2) is 9.10. The molecule has 1 aromatic carbocycles. The number of nitrogens with zero attached hydrogens (tertiary/aromatic N) is 6. The molecule has 1 aliphatic rings. The van der Waals surface area contributed by atoms with E-state index in [1.54, 1.807) is 11.6 Å². The van der Waals surface area contributed by atoms with Crippen molar-refractivity contribution in [2.75, 3.05) is 17.2 Å². The Kier molecular flexibility index (Phi) is 5.78. The topological polar surface area (TPSA) is 104 Å². The number of thiazole rings is 1. The summed E-state index contributed by atoms with van der Waals surface area (Å²) in [6, 6.07) is 4.78. The highest BCUT2D eigenvalue weighted by atomic mass is 35.5. The molecular formula is C25H27ClN8S. The molecule has 5 rings (SSSR count). The van der Waals surface area contributed by atoms with Gasteiger partial charge >= 0.3 is 0 Å². The third-order valence-electron chi connectivity index (χ3n) is 5.77. The molecule has 1 aliphatic carbocycles. The molecule has 3 aromatic heterocycles. The zero-order valence-electron chi connectivity index (χ0n) is 21.1. The first-order chi connectivity index (χ1) is 17.1. The van der Waals surface area contributed by atoms with Gasteiger partial charge in [0.25, 0.3) is 0 Å². The van der Waals surface area contributed by atoms with Gasteiger partial charge in [-0.15, -0.1) is 16.4 Å². The average Bonchev–Trinajstić information content (AvgIpc) is 3.37. The maximum absolute atomic E-state index is 9.76. The molecule has 0 saturated heterocycles. The number of nitriles is 1. The number of aromatic nitrogens is 5. The molecular weight excluding hydrogens is 480 g/mol. The standard InChI is InChI=1S/C25H27ClN8S/c1-14-24(35-13-30-14)23(20-11-34(33-32-20)17-5-6-17)31-16-7-18-21(29-12-25(2,3)4)15(9-27)10-28-22(18)19(26)8-16/h7-8,10-11,13,17,23,31H,5-6,12H2,1-4H3,(H,28,29)/t23-/m1/s1/i23D. The molecule has 1 fully saturated rings. The van der Waals surface area contributed by atoms with Gasteiger partial charge in [0.05, 0.1) is 51.5 Å². The summed E-state index contributed by atoms with van der Waals surface area (Å²) in [5, 5.41) is 26.3. The molecule has 4 aromatic rings. The average molecular weight is 508 g/mol. The molecule has 0 unspecified atom stereocenters. The first-order valence-corrected chi connectivity index (χ1v) is 12.7. The fourth-order valence-electron chi connectivity index (χ4n) is 3.79. The number of benzene rings is 1. The van der Waals surface area contributed by atoms with Crippen LogP contribution in [0.2, 0.25) is 5.02 Å². The van der Waals surface area contributed by atoms with E-state index >= 15 is 0 Å². The van der Waals surface area contributed by atoms with Gasteiger partial charge in [0, 0.05) is 23.8 Å². The fourth-order valence-corrected chi connectivity index (χ4v) is 4.87. The lowest BCUT2D eigenvalue weighted by Crippen LogP contribution is -2.20. The molecule has 180 valence electrons. The number of pyridine rings is 1. The molecule has 0 radical (unpaired) electrons. The van der Waals surface area contributed by atoms with Crippen molar-refractivity contribution in [3.63, 3.8) is 0 Å². The minimum absolute atomic E-state index is 0.00458. The number of aryl methyl sites for hydroxylation is 1. The van der Waals surface area contributed by atoms with Crippen molar-refractivity contribution in [3.05, 3.63) is 56.9 Å². The van der Waals surface area contributed by atoms with Gasteiger partial charge < -0.3 is 10.6 Å². The summed E-state index contributed by atoms with van der Waals surface area (Å²) < 4.78 is 11.4. The number of hydrogen-bond acceptors (Lipinski definition) is 8. The predicted molar refractivity (Wildman–Crippen MR) is 140 cm³/mol. The first kappa shape index (κ1) is 22.3. The van der Waals surface area contributed by atoms with Crippen LogP contribution in [0.1, 0.15) is 68.9 Å². The lowest BCUT2D eigenvalue weighted by Gasteiger charge is -2.22. The van der Waals surface area contributed by atoms with Crippen LogP contribution >= 0.6 is 22.9 Å². The Labute approximate surface area is 214 Å². The highest BCUT2D eigenvalue weighted by Crippen LogP contribution is 2.38. The lowest BCUT2D eigenvalue weighted by atomic mass is 9.96. The van der Waals surface area contributed by atoms with E-state index in [0.717, 1.165) is 23.4 Å². The fraction of sp³-hybridized carbons (Fsp3) is 0.400. The summed E-state index contributed by atoms with van der Waals surface area (Å²) in [4.78, 5) is 9.54. The van der Waals surface area contributed by atoms with Crippen LogP contribution in [-0.4, -0.2) is 31.5 Å². The van der Waals surface area contributed by atoms with E-state index in [1.165, 1.54) is 17.5 Å². The second-order valence-corrected chi connectivity index (χ2v) is 11.3. The Bertz CT molecular complexity index is 1480. The van der Waals surface area contributed by atoms with Gasteiger partial charge in [-0.25, -0.2) is 9.67 Å². The van der Waals surface area contributed by atoms with Crippen molar-refractivity contribution in [3.8, 4) is 6.07 Å². The summed E-state index contributed by atoms with van der Waals surface area (Å²) >= 11 is 8.08. The van der Waals surface area contributed by atoms with Crippen LogP contribution in [0.3, 0.4) is 0 Å². The minimum Gasteiger partial charge on any atom is -0.383 e. The molecule has 1 atom stereocenters. The first-order valence-electron chi connectivity index (χ1n) is 12.0. The molecule has 0 spiro atoms. The SMILES string of the molecule is [2H][C@@](Nc1cc(Cl)c2ncc(C#N)c(NCC(C)(C)C)c2c1)(c1cn(C2CC2)nn1)c1scnc1C. The van der Waals surface area contributed by atoms with Crippen molar-refractivity contribution in [2.45, 2.75) is 52.6 Å². The van der Waals surface area contributed by atoms with Gasteiger partial charge in [-0.3, -0.25) is 4.98 Å². The smallest absolute Gasteiger partial charge is 0.110 e. The number of rotatable bonds is 7. The van der Waals surface area contributed by atoms with Crippen LogP contribution in [-0.2, 0) is 0 Å². The van der Waals surface area contributed by atoms with E-state index in [0.29, 0.717) is 51.1 Å². The second-order valence-electron chi connectivity index (χ2n) is 10.0. The van der Waals surface area contributed by atoms with Crippen molar-refractivity contribution in [1.82, 2.24) is 25.0 Å². The minimum atomic E-state index is -1.44. The summed E-state index contributed by atoms with van der Waals surface area (Å²) in [6.07, 6.45) is 5.52. The lowest BCUT2D eigenvalue weighted by molar-refractivity contribution is 0.443. The Morgan fingerprint density at radius 3 is 2.80 bits per heavy atom. The summed E-state index contributed by atoms with van der Waals surface area (Å²) in [7, 11) is 0. The summed E-state index contributed by atoms with van der Waals surface area (Å²) in [6.45, 7) is 8.90. The van der Waals surface area contributed by atoms with Gasteiger partial charge in [0.2, 0.25) is 0 Å². The van der Waals surface area contributed by atoms with Crippen molar-refractivity contribution in [2.24, 2.45) is 5.41 Å². The number of anilines is 2. The summed E-state index contributed by atoms with van der Waals surface area (Å²) in [5.41, 5.74) is 5.24. The van der Waals surface area contributed by atoms with Gasteiger partial charge in [-0.05, 0) is 37.3 Å². The molecule has 0 aliphatic heterocycles. The third kappa shape index (κ3) is 4.95. The van der Waals surface area contributed by atoms with Crippen molar-refractivity contribution in [1.29, 1.82) is 5.26 Å². The maximum atomic E-state index is 9.76. The maximum Gasteiger partial charge on any atom is 0.110 e. The number of hydrogen-bond donors (Lipinski definition) is 2. The quantitative estimate of drug-likeness (QED) is 0.311. The zero-order chi connectivity index (χ0) is 25.7. The van der Waals surface area contributed by atoms with Crippen LogP contribution in [0.15, 0.2) is 30.0 Å². The number of fused-ring (bicyclic) bond motifs is 1. The van der Waals surface area contributed by atoms with Crippen LogP contribution < -0.4 is 10.6 Å². The van der Waals surface area contributed by atoms with Gasteiger partial charge in [-0.1, -0.05) is 37.6 Å².